The van der Waals surface area contributed by atoms with Gasteiger partial charge >= 0.3 is 0 Å². The number of nitrogens with zero attached hydrogens (tertiary/aromatic N) is 2. The molecule has 15 heavy (non-hydrogen) atoms. The summed E-state index contributed by atoms with van der Waals surface area (Å²) in [5, 5.41) is 0.442. The van der Waals surface area contributed by atoms with Crippen LogP contribution in [0.4, 0.5) is 5.69 Å². The van der Waals surface area contributed by atoms with E-state index in [1.54, 1.807) is 19.2 Å². The molecule has 0 amide bonds. The molecule has 0 aliphatic carbocycles. The van der Waals surface area contributed by atoms with Crippen molar-refractivity contribution < 1.29 is 8.76 Å². The van der Waals surface area contributed by atoms with Crippen LogP contribution in [0.3, 0.4) is 0 Å². The summed E-state index contributed by atoms with van der Waals surface area (Å²) in [6.07, 6.45) is 0. The molecule has 2 rings (SSSR count). The summed E-state index contributed by atoms with van der Waals surface area (Å²) in [6.45, 7) is 0. The van der Waals surface area contributed by atoms with E-state index in [9.17, 15) is 8.76 Å². The lowest BCUT2D eigenvalue weighted by atomic mass is 10.3. The van der Waals surface area contributed by atoms with Crippen LogP contribution in [0.25, 0.3) is 0 Å². The van der Waals surface area contributed by atoms with Gasteiger partial charge in [-0.3, -0.25) is 4.55 Å². The van der Waals surface area contributed by atoms with Gasteiger partial charge in [-0.25, -0.2) is 4.21 Å². The number of rotatable bonds is 0. The topological polar surface area (TPSA) is 52.9 Å². The molecule has 0 radical (unpaired) electrons. The van der Waals surface area contributed by atoms with E-state index in [2.05, 4.69) is 4.36 Å². The lowest BCUT2D eigenvalue weighted by Crippen LogP contribution is -2.29. The second-order valence-corrected chi connectivity index (χ2v) is 5.40. The average molecular weight is 263 g/mol. The first-order chi connectivity index (χ1) is 6.93. The minimum Gasteiger partial charge on any atom is -0.317 e. The summed E-state index contributed by atoms with van der Waals surface area (Å²) in [5.41, 5.74) is 0.451. The van der Waals surface area contributed by atoms with Crippen molar-refractivity contribution in [1.29, 1.82) is 0 Å². The molecule has 1 atom stereocenters. The number of benzene rings is 1. The van der Waals surface area contributed by atoms with Crippen molar-refractivity contribution in [3.63, 3.8) is 0 Å². The minimum atomic E-state index is -3.44. The van der Waals surface area contributed by atoms with E-state index < -0.39 is 10.0 Å². The van der Waals surface area contributed by atoms with Crippen LogP contribution in [0, 0.1) is 0 Å². The van der Waals surface area contributed by atoms with E-state index in [0.29, 0.717) is 10.7 Å². The van der Waals surface area contributed by atoms with Crippen LogP contribution in [0.1, 0.15) is 0 Å². The van der Waals surface area contributed by atoms with Gasteiger partial charge in [0.25, 0.3) is 0 Å². The van der Waals surface area contributed by atoms with E-state index in [4.69, 9.17) is 23.8 Å². The number of halogens is 1. The number of fused-ring (bicyclic) bond motifs is 1. The van der Waals surface area contributed by atoms with Crippen molar-refractivity contribution in [2.45, 2.75) is 4.90 Å². The Morgan fingerprint density at radius 3 is 2.93 bits per heavy atom. The first-order valence-corrected chi connectivity index (χ1v) is 6.25. The van der Waals surface area contributed by atoms with Gasteiger partial charge in [0.15, 0.2) is 10.0 Å². The van der Waals surface area contributed by atoms with E-state index in [-0.39, 0.29) is 10.0 Å². The minimum absolute atomic E-state index is 0.0584. The SMILES string of the molecule is CN1C(=S)N=S(=O)(O)c2cccc(Cl)c21. The van der Waals surface area contributed by atoms with Gasteiger partial charge < -0.3 is 4.90 Å². The van der Waals surface area contributed by atoms with Gasteiger partial charge in [-0.2, -0.15) is 0 Å². The van der Waals surface area contributed by atoms with Crippen molar-refractivity contribution in [1.82, 2.24) is 0 Å². The summed E-state index contributed by atoms with van der Waals surface area (Å²) in [6, 6.07) is 4.76. The first kappa shape index (κ1) is 10.8. The van der Waals surface area contributed by atoms with Crippen LogP contribution in [0.5, 0.6) is 0 Å². The van der Waals surface area contributed by atoms with Gasteiger partial charge in [0.2, 0.25) is 5.11 Å². The number of thiocarbonyl (C=S) groups is 1. The Hall–Kier alpha value is -0.690. The number of hydrogen-bond acceptors (Lipinski definition) is 2. The highest BCUT2D eigenvalue weighted by molar-refractivity contribution is 7.90. The molecule has 80 valence electrons. The van der Waals surface area contributed by atoms with E-state index >= 15 is 0 Å². The lowest BCUT2D eigenvalue weighted by molar-refractivity contribution is 0.552. The van der Waals surface area contributed by atoms with Crippen LogP contribution >= 0.6 is 23.8 Å². The second-order valence-electron chi connectivity index (χ2n) is 3.02. The third-order valence-corrected chi connectivity index (χ3v) is 4.17. The van der Waals surface area contributed by atoms with Crippen LogP contribution < -0.4 is 4.90 Å². The molecule has 7 heteroatoms. The third-order valence-electron chi connectivity index (χ3n) is 2.06. The van der Waals surface area contributed by atoms with Crippen LogP contribution in [0.15, 0.2) is 27.5 Å². The molecular weight excluding hydrogens is 256 g/mol. The smallest absolute Gasteiger partial charge is 0.210 e. The molecule has 0 spiro atoms. The maximum absolute atomic E-state index is 11.8. The molecule has 0 aromatic heterocycles. The molecule has 1 N–H and O–H groups in total. The summed E-state index contributed by atoms with van der Waals surface area (Å²) < 4.78 is 24.9. The van der Waals surface area contributed by atoms with Crippen LogP contribution in [-0.4, -0.2) is 20.9 Å². The Bertz CT molecular complexity index is 564. The van der Waals surface area contributed by atoms with Gasteiger partial charge in [-0.15, -0.1) is 4.36 Å². The van der Waals surface area contributed by atoms with Gasteiger partial charge in [0, 0.05) is 7.05 Å². The zero-order valence-electron chi connectivity index (χ0n) is 7.68. The monoisotopic (exact) mass is 262 g/mol. The average Bonchev–Trinajstić information content (AvgIpc) is 2.14. The molecular formula is C8H7ClN2O2S2. The number of para-hydroxylation sites is 1. The maximum atomic E-state index is 11.8. The molecule has 1 aromatic rings. The highest BCUT2D eigenvalue weighted by Crippen LogP contribution is 2.36. The molecule has 1 unspecified atom stereocenters. The predicted molar refractivity (Wildman–Crippen MR) is 63.9 cm³/mol. The summed E-state index contributed by atoms with van der Waals surface area (Å²) in [7, 11) is -1.78. The summed E-state index contributed by atoms with van der Waals surface area (Å²) in [4.78, 5) is 1.72. The van der Waals surface area contributed by atoms with Crippen molar-refractivity contribution in [3.05, 3.63) is 23.2 Å². The van der Waals surface area contributed by atoms with Gasteiger partial charge in [0.1, 0.15) is 0 Å². The largest absolute Gasteiger partial charge is 0.317 e. The van der Waals surface area contributed by atoms with Gasteiger partial charge in [-0.05, 0) is 24.4 Å². The fraction of sp³-hybridized carbons (Fsp3) is 0.125. The van der Waals surface area contributed by atoms with Crippen LogP contribution in [0.2, 0.25) is 5.02 Å². The lowest BCUT2D eigenvalue weighted by Gasteiger charge is -2.25. The quantitative estimate of drug-likeness (QED) is 0.730. The van der Waals surface area contributed by atoms with Crippen molar-refractivity contribution in [2.24, 2.45) is 4.36 Å². The molecule has 0 bridgehead atoms. The number of anilines is 1. The van der Waals surface area contributed by atoms with Crippen molar-refractivity contribution in [3.8, 4) is 0 Å². The van der Waals surface area contributed by atoms with Gasteiger partial charge in [-0.1, -0.05) is 17.7 Å². The fourth-order valence-electron chi connectivity index (χ4n) is 1.35. The standard InChI is InChI=1S/C8H7ClN2O2S2/c1-11-7-5(9)3-2-4-6(7)15(12,13)10-8(11)14/h2-4H,1H3,(H,10,12,13,14). The van der Waals surface area contributed by atoms with Crippen molar-refractivity contribution >= 4 is 44.6 Å². The van der Waals surface area contributed by atoms with Crippen molar-refractivity contribution in [2.75, 3.05) is 11.9 Å². The molecule has 1 aliphatic rings. The molecule has 4 nitrogen and oxygen atoms in total. The molecule has 1 heterocycles. The second kappa shape index (κ2) is 3.41. The maximum Gasteiger partial charge on any atom is 0.210 e. The Labute approximate surface area is 97.9 Å². The normalized spacial score (nSPS) is 24.7. The Balaban J connectivity index is 2.87. The van der Waals surface area contributed by atoms with Crippen LogP contribution in [-0.2, 0) is 10.0 Å². The Morgan fingerprint density at radius 1 is 1.60 bits per heavy atom. The fourth-order valence-corrected chi connectivity index (χ4v) is 3.29. The zero-order valence-corrected chi connectivity index (χ0v) is 10.1. The van der Waals surface area contributed by atoms with Gasteiger partial charge in [0.05, 0.1) is 15.6 Å². The summed E-state index contributed by atoms with van der Waals surface area (Å²) >= 11 is 10.8. The third kappa shape index (κ3) is 1.63. The van der Waals surface area contributed by atoms with E-state index in [1.807, 2.05) is 0 Å². The number of hydrogen-bond donors (Lipinski definition) is 1. The Morgan fingerprint density at radius 2 is 2.27 bits per heavy atom. The predicted octanol–water partition coefficient (Wildman–Crippen LogP) is 2.37. The zero-order chi connectivity index (χ0) is 11.2. The molecule has 1 aliphatic heterocycles. The Kier molecular flexibility index (Phi) is 2.46. The molecule has 0 fully saturated rings. The molecule has 0 saturated carbocycles. The molecule has 0 saturated heterocycles. The van der Waals surface area contributed by atoms with E-state index in [0.717, 1.165) is 0 Å². The first-order valence-electron chi connectivity index (χ1n) is 3.99. The highest BCUT2D eigenvalue weighted by atomic mass is 35.5. The molecule has 1 aromatic carbocycles. The highest BCUT2D eigenvalue weighted by Gasteiger charge is 2.27. The van der Waals surface area contributed by atoms with E-state index in [1.165, 1.54) is 11.0 Å². The summed E-state index contributed by atoms with van der Waals surface area (Å²) in [5.74, 6) is 0.